The smallest absolute Gasteiger partial charge is 0.306 e. The molecule has 0 saturated heterocycles. The summed E-state index contributed by atoms with van der Waals surface area (Å²) in [6.45, 7) is 6.64. The van der Waals surface area contributed by atoms with E-state index in [1.807, 2.05) is 0 Å². The molecule has 0 spiro atoms. The van der Waals surface area contributed by atoms with Crippen LogP contribution in [0.5, 0.6) is 0 Å². The van der Waals surface area contributed by atoms with Crippen LogP contribution >= 0.6 is 0 Å². The number of hydrogen-bond acceptors (Lipinski definition) is 6. The van der Waals surface area contributed by atoms with Crippen LogP contribution in [-0.4, -0.2) is 37.2 Å². The van der Waals surface area contributed by atoms with Crippen molar-refractivity contribution in [3.63, 3.8) is 0 Å². The lowest BCUT2D eigenvalue weighted by Gasteiger charge is -2.18. The molecule has 0 aromatic heterocycles. The van der Waals surface area contributed by atoms with Crippen LogP contribution in [0.25, 0.3) is 0 Å². The minimum Gasteiger partial charge on any atom is -0.462 e. The minimum atomic E-state index is -0.774. The van der Waals surface area contributed by atoms with E-state index < -0.39 is 6.10 Å². The van der Waals surface area contributed by atoms with E-state index >= 15 is 0 Å². The molecule has 0 aromatic carbocycles. The zero-order valence-corrected chi connectivity index (χ0v) is 50.8. The second-order valence-electron chi connectivity index (χ2n) is 23.1. The van der Waals surface area contributed by atoms with E-state index in [-0.39, 0.29) is 31.1 Å². The van der Waals surface area contributed by atoms with Gasteiger partial charge in [-0.25, -0.2) is 0 Å². The Labute approximate surface area is 468 Å². The summed E-state index contributed by atoms with van der Waals surface area (Å²) in [6.07, 6.45) is 78.0. The molecule has 0 rings (SSSR count). The molecule has 0 aliphatic carbocycles. The molecule has 6 nitrogen and oxygen atoms in total. The van der Waals surface area contributed by atoms with Crippen molar-refractivity contribution in [1.29, 1.82) is 0 Å². The Bertz CT molecular complexity index is 1210. The second-order valence-corrected chi connectivity index (χ2v) is 23.1. The summed E-state index contributed by atoms with van der Waals surface area (Å²) in [5, 5.41) is 0. The van der Waals surface area contributed by atoms with Crippen molar-refractivity contribution >= 4 is 17.9 Å². The summed E-state index contributed by atoms with van der Waals surface area (Å²) in [6, 6.07) is 0. The van der Waals surface area contributed by atoms with Gasteiger partial charge in [0.05, 0.1) is 0 Å². The molecule has 1 atom stereocenters. The van der Waals surface area contributed by atoms with Gasteiger partial charge in [0.15, 0.2) is 6.10 Å². The van der Waals surface area contributed by atoms with Crippen molar-refractivity contribution in [2.75, 3.05) is 13.2 Å². The first-order chi connectivity index (χ1) is 37.0. The molecule has 6 heteroatoms. The highest BCUT2D eigenvalue weighted by molar-refractivity contribution is 5.71. The quantitative estimate of drug-likeness (QED) is 0.0261. The first-order valence-corrected chi connectivity index (χ1v) is 33.8. The number of ether oxygens (including phenoxy) is 3. The number of rotatable bonds is 63. The van der Waals surface area contributed by atoms with E-state index in [9.17, 15) is 14.4 Å². The number of hydrogen-bond donors (Lipinski definition) is 0. The number of unbranched alkanes of at least 4 members (excludes halogenated alkanes) is 48. The van der Waals surface area contributed by atoms with Crippen LogP contribution in [0.3, 0.4) is 0 Å². The molecule has 0 aliphatic heterocycles. The molecule has 0 heterocycles. The Morgan fingerprint density at radius 1 is 0.267 bits per heavy atom. The fraction of sp³-hybridized carbons (Fsp3) is 0.899. The maximum absolute atomic E-state index is 12.8. The SMILES string of the molecule is CCCC/C=C\C/C=C\CCCCCCCC(=O)OC(COC(=O)CCCCCCCCCCCCC)COC(=O)CCCCCCCCCCCCCCCCCCCCCCCCCCCCCCCCCC. The molecule has 0 aliphatic rings. The first kappa shape index (κ1) is 72.9. The maximum Gasteiger partial charge on any atom is 0.306 e. The summed E-state index contributed by atoms with van der Waals surface area (Å²) in [7, 11) is 0. The predicted octanol–water partition coefficient (Wildman–Crippen LogP) is 23.0. The molecular weight excluding hydrogens is 925 g/mol. The highest BCUT2D eigenvalue weighted by Crippen LogP contribution is 2.19. The van der Waals surface area contributed by atoms with Gasteiger partial charge in [0.25, 0.3) is 0 Å². The van der Waals surface area contributed by atoms with E-state index in [4.69, 9.17) is 14.2 Å². The zero-order valence-electron chi connectivity index (χ0n) is 50.8. The fourth-order valence-electron chi connectivity index (χ4n) is 10.3. The van der Waals surface area contributed by atoms with Crippen molar-refractivity contribution in [3.05, 3.63) is 24.3 Å². The van der Waals surface area contributed by atoms with Crippen LogP contribution < -0.4 is 0 Å². The van der Waals surface area contributed by atoms with Crippen LogP contribution in [0.1, 0.15) is 380 Å². The summed E-state index contributed by atoms with van der Waals surface area (Å²) < 4.78 is 16.9. The Morgan fingerprint density at radius 3 is 0.773 bits per heavy atom. The maximum atomic E-state index is 12.8. The fourth-order valence-corrected chi connectivity index (χ4v) is 10.3. The molecule has 442 valence electrons. The second kappa shape index (κ2) is 64.4. The molecule has 1 unspecified atom stereocenters. The van der Waals surface area contributed by atoms with Crippen molar-refractivity contribution in [2.45, 2.75) is 386 Å². The van der Waals surface area contributed by atoms with Gasteiger partial charge in [0.1, 0.15) is 13.2 Å². The van der Waals surface area contributed by atoms with E-state index in [0.717, 1.165) is 83.5 Å². The molecule has 0 amide bonds. The highest BCUT2D eigenvalue weighted by atomic mass is 16.6. The van der Waals surface area contributed by atoms with Crippen molar-refractivity contribution < 1.29 is 28.6 Å². The van der Waals surface area contributed by atoms with E-state index in [1.165, 1.54) is 257 Å². The third kappa shape index (κ3) is 62.6. The minimum absolute atomic E-state index is 0.0714. The van der Waals surface area contributed by atoms with Crippen LogP contribution in [0.2, 0.25) is 0 Å². The van der Waals surface area contributed by atoms with Crippen LogP contribution in [0.15, 0.2) is 24.3 Å². The third-order valence-corrected chi connectivity index (χ3v) is 15.5. The average molecular weight is 1060 g/mol. The Balaban J connectivity index is 4.03. The van der Waals surface area contributed by atoms with Gasteiger partial charge in [-0.1, -0.05) is 340 Å². The zero-order chi connectivity index (χ0) is 54.3. The van der Waals surface area contributed by atoms with Gasteiger partial charge in [-0.05, 0) is 44.9 Å². The molecule has 0 fully saturated rings. The van der Waals surface area contributed by atoms with Crippen LogP contribution in [0.4, 0.5) is 0 Å². The van der Waals surface area contributed by atoms with Crippen LogP contribution in [0, 0.1) is 0 Å². The van der Waals surface area contributed by atoms with Crippen molar-refractivity contribution in [2.24, 2.45) is 0 Å². The molecule has 0 N–H and O–H groups in total. The first-order valence-electron chi connectivity index (χ1n) is 33.8. The molecule has 0 radical (unpaired) electrons. The standard InChI is InChI=1S/C69H130O6/c1-4-7-10-13-16-19-22-24-26-27-28-29-30-31-32-33-34-35-36-37-38-39-40-41-42-43-45-47-50-53-56-59-62-68(71)74-65-66(64-73-67(70)61-58-55-52-49-46-21-18-15-12-9-6-3)75-69(72)63-60-57-54-51-48-44-25-23-20-17-14-11-8-5-2/h14,17,23,25,66H,4-13,15-16,18-22,24,26-65H2,1-3H3/b17-14-,25-23-. The summed E-state index contributed by atoms with van der Waals surface area (Å²) >= 11 is 0. The Kier molecular flexibility index (Phi) is 62.6. The van der Waals surface area contributed by atoms with Gasteiger partial charge < -0.3 is 14.2 Å². The van der Waals surface area contributed by atoms with Crippen molar-refractivity contribution in [3.8, 4) is 0 Å². The lowest BCUT2D eigenvalue weighted by molar-refractivity contribution is -0.167. The van der Waals surface area contributed by atoms with E-state index in [1.54, 1.807) is 0 Å². The van der Waals surface area contributed by atoms with Gasteiger partial charge in [0, 0.05) is 19.3 Å². The Morgan fingerprint density at radius 2 is 0.493 bits per heavy atom. The van der Waals surface area contributed by atoms with Gasteiger partial charge >= 0.3 is 17.9 Å². The average Bonchev–Trinajstić information content (AvgIpc) is 3.41. The van der Waals surface area contributed by atoms with Gasteiger partial charge in [-0.3, -0.25) is 14.4 Å². The van der Waals surface area contributed by atoms with Gasteiger partial charge in [0.2, 0.25) is 0 Å². The largest absolute Gasteiger partial charge is 0.462 e. The molecule has 0 bridgehead atoms. The number of carbonyl (C=O) groups excluding carboxylic acids is 3. The number of esters is 3. The molecular formula is C69H130O6. The summed E-state index contributed by atoms with van der Waals surface area (Å²) in [5.41, 5.74) is 0. The molecule has 75 heavy (non-hydrogen) atoms. The normalized spacial score (nSPS) is 12.1. The summed E-state index contributed by atoms with van der Waals surface area (Å²) in [4.78, 5) is 38.2. The number of carbonyl (C=O) groups is 3. The van der Waals surface area contributed by atoms with Crippen LogP contribution in [-0.2, 0) is 28.6 Å². The van der Waals surface area contributed by atoms with Crippen molar-refractivity contribution in [1.82, 2.24) is 0 Å². The third-order valence-electron chi connectivity index (χ3n) is 15.5. The molecule has 0 aromatic rings. The van der Waals surface area contributed by atoms with Gasteiger partial charge in [-0.2, -0.15) is 0 Å². The number of allylic oxidation sites excluding steroid dienone is 4. The monoisotopic (exact) mass is 1050 g/mol. The predicted molar refractivity (Wildman–Crippen MR) is 326 cm³/mol. The lowest BCUT2D eigenvalue weighted by Crippen LogP contribution is -2.30. The van der Waals surface area contributed by atoms with E-state index in [0.29, 0.717) is 19.3 Å². The molecule has 0 saturated carbocycles. The van der Waals surface area contributed by atoms with E-state index in [2.05, 4.69) is 45.1 Å². The summed E-state index contributed by atoms with van der Waals surface area (Å²) in [5.74, 6) is -0.862. The lowest BCUT2D eigenvalue weighted by atomic mass is 10.0. The van der Waals surface area contributed by atoms with Gasteiger partial charge in [-0.15, -0.1) is 0 Å². The highest BCUT2D eigenvalue weighted by Gasteiger charge is 2.19. The topological polar surface area (TPSA) is 78.9 Å². The Hall–Kier alpha value is -2.11.